The van der Waals surface area contributed by atoms with Gasteiger partial charge in [0, 0.05) is 54.5 Å². The number of likely N-dealkylation sites (N-methyl/N-ethyl adjacent to an activating group) is 1. The fourth-order valence-electron chi connectivity index (χ4n) is 5.10. The molecule has 2 unspecified atom stereocenters. The van der Waals surface area contributed by atoms with Crippen LogP contribution in [0.2, 0.25) is 0 Å². The number of rotatable bonds is 3. The van der Waals surface area contributed by atoms with Gasteiger partial charge in [-0.2, -0.15) is 0 Å². The van der Waals surface area contributed by atoms with Gasteiger partial charge in [-0.3, -0.25) is 19.5 Å². The SMILES string of the molecule is CC1C(NC(=O)c2cc3sc(C(=O)N4CCN(C)CC4)cc3cn2)C2CCN1CC2. The summed E-state index contributed by atoms with van der Waals surface area (Å²) in [7, 11) is 2.08. The predicted molar refractivity (Wildman–Crippen MR) is 118 cm³/mol. The van der Waals surface area contributed by atoms with Gasteiger partial charge >= 0.3 is 0 Å². The first-order valence-corrected chi connectivity index (χ1v) is 11.7. The summed E-state index contributed by atoms with van der Waals surface area (Å²) >= 11 is 1.46. The van der Waals surface area contributed by atoms with E-state index in [-0.39, 0.29) is 17.9 Å². The van der Waals surface area contributed by atoms with Crippen LogP contribution in [-0.2, 0) is 0 Å². The average Bonchev–Trinajstić information content (AvgIpc) is 3.20. The zero-order valence-electron chi connectivity index (χ0n) is 17.6. The molecular weight excluding hydrogens is 398 g/mol. The van der Waals surface area contributed by atoms with Crippen LogP contribution in [0.15, 0.2) is 18.3 Å². The van der Waals surface area contributed by atoms with Gasteiger partial charge in [-0.05, 0) is 58.0 Å². The number of amides is 2. The zero-order valence-corrected chi connectivity index (χ0v) is 18.5. The maximum Gasteiger partial charge on any atom is 0.270 e. The minimum atomic E-state index is -0.108. The highest BCUT2D eigenvalue weighted by Gasteiger charge is 2.40. The molecule has 8 heteroatoms. The second kappa shape index (κ2) is 7.90. The van der Waals surface area contributed by atoms with Crippen LogP contribution >= 0.6 is 11.3 Å². The minimum Gasteiger partial charge on any atom is -0.346 e. The number of carbonyl (C=O) groups is 2. The highest BCUT2D eigenvalue weighted by Crippen LogP contribution is 2.32. The van der Waals surface area contributed by atoms with E-state index in [9.17, 15) is 9.59 Å². The van der Waals surface area contributed by atoms with Gasteiger partial charge in [0.1, 0.15) is 5.69 Å². The van der Waals surface area contributed by atoms with Gasteiger partial charge < -0.3 is 15.1 Å². The normalized spacial score (nSPS) is 29.3. The molecule has 2 aromatic heterocycles. The van der Waals surface area contributed by atoms with Crippen molar-refractivity contribution in [2.45, 2.75) is 31.8 Å². The Kier molecular flexibility index (Phi) is 5.24. The Morgan fingerprint density at radius 1 is 1.10 bits per heavy atom. The van der Waals surface area contributed by atoms with Crippen LogP contribution in [0.3, 0.4) is 0 Å². The Hall–Kier alpha value is -2.03. The molecule has 2 aromatic rings. The number of fused-ring (bicyclic) bond motifs is 4. The van der Waals surface area contributed by atoms with Crippen LogP contribution in [0.4, 0.5) is 0 Å². The summed E-state index contributed by atoms with van der Waals surface area (Å²) in [5, 5.41) is 4.17. The maximum absolute atomic E-state index is 12.9. The summed E-state index contributed by atoms with van der Waals surface area (Å²) in [6.07, 6.45) is 4.04. The van der Waals surface area contributed by atoms with E-state index >= 15 is 0 Å². The lowest BCUT2D eigenvalue weighted by atomic mass is 9.79. The van der Waals surface area contributed by atoms with Gasteiger partial charge in [-0.1, -0.05) is 0 Å². The molecule has 0 spiro atoms. The Balaban J connectivity index is 1.31. The number of nitrogens with one attached hydrogen (secondary N) is 1. The Morgan fingerprint density at radius 2 is 1.83 bits per heavy atom. The first-order valence-electron chi connectivity index (χ1n) is 10.9. The molecule has 4 fully saturated rings. The number of piperazine rings is 1. The summed E-state index contributed by atoms with van der Waals surface area (Å²) in [4.78, 5) is 37.6. The van der Waals surface area contributed by atoms with Gasteiger partial charge in [0.05, 0.1) is 4.88 Å². The molecular formula is C22H29N5O2S. The smallest absolute Gasteiger partial charge is 0.270 e. The number of carbonyl (C=O) groups excluding carboxylic acids is 2. The second-order valence-electron chi connectivity index (χ2n) is 8.93. The van der Waals surface area contributed by atoms with E-state index in [0.717, 1.165) is 67.1 Å². The van der Waals surface area contributed by atoms with Gasteiger partial charge in [-0.25, -0.2) is 0 Å². The van der Waals surface area contributed by atoms with Crippen LogP contribution in [0.5, 0.6) is 0 Å². The van der Waals surface area contributed by atoms with Crippen molar-refractivity contribution in [3.05, 3.63) is 28.9 Å². The monoisotopic (exact) mass is 427 g/mol. The van der Waals surface area contributed by atoms with Crippen LogP contribution in [0.25, 0.3) is 10.1 Å². The molecule has 6 rings (SSSR count). The summed E-state index contributed by atoms with van der Waals surface area (Å²) in [5.74, 6) is 0.534. The van der Waals surface area contributed by atoms with Crippen LogP contribution < -0.4 is 5.32 Å². The molecule has 2 atom stereocenters. The van der Waals surface area contributed by atoms with Crippen molar-refractivity contribution in [2.75, 3.05) is 46.3 Å². The van der Waals surface area contributed by atoms with E-state index in [1.807, 2.05) is 17.0 Å². The Morgan fingerprint density at radius 3 is 2.53 bits per heavy atom. The van der Waals surface area contributed by atoms with Crippen molar-refractivity contribution in [1.82, 2.24) is 25.0 Å². The highest BCUT2D eigenvalue weighted by molar-refractivity contribution is 7.20. The van der Waals surface area contributed by atoms with Crippen molar-refractivity contribution in [1.29, 1.82) is 0 Å². The summed E-state index contributed by atoms with van der Waals surface area (Å²) < 4.78 is 0.939. The van der Waals surface area contributed by atoms with Crippen molar-refractivity contribution < 1.29 is 9.59 Å². The van der Waals surface area contributed by atoms with E-state index in [1.54, 1.807) is 6.20 Å². The van der Waals surface area contributed by atoms with E-state index in [1.165, 1.54) is 11.3 Å². The van der Waals surface area contributed by atoms with E-state index in [4.69, 9.17) is 0 Å². The lowest BCUT2D eigenvalue weighted by Crippen LogP contribution is -2.62. The van der Waals surface area contributed by atoms with Crippen LogP contribution in [-0.4, -0.2) is 89.9 Å². The second-order valence-corrected chi connectivity index (χ2v) is 10.0. The number of piperidine rings is 3. The number of nitrogens with zero attached hydrogens (tertiary/aromatic N) is 4. The molecule has 4 aliphatic rings. The number of thiophene rings is 1. The lowest BCUT2D eigenvalue weighted by Gasteiger charge is -2.49. The predicted octanol–water partition coefficient (Wildman–Crippen LogP) is 1.90. The molecule has 2 amide bonds. The zero-order chi connectivity index (χ0) is 20.8. The highest BCUT2D eigenvalue weighted by atomic mass is 32.1. The topological polar surface area (TPSA) is 68.8 Å². The number of hydrogen-bond donors (Lipinski definition) is 1. The van der Waals surface area contributed by atoms with Crippen molar-refractivity contribution in [3.63, 3.8) is 0 Å². The standard InChI is InChI=1S/C22H29N5O2S/c1-14-20(15-3-5-26(14)6-4-15)24-21(28)17-12-18-16(13-23-17)11-19(30-18)22(29)27-9-7-25(2)8-10-27/h11-15,20H,3-10H2,1-2H3,(H,24,28). The van der Waals surface area contributed by atoms with E-state index in [0.29, 0.717) is 17.7 Å². The summed E-state index contributed by atoms with van der Waals surface area (Å²) in [6.45, 7) is 7.81. The van der Waals surface area contributed by atoms with Gasteiger partial charge in [0.15, 0.2) is 0 Å². The fourth-order valence-corrected chi connectivity index (χ4v) is 6.14. The molecule has 0 aliphatic carbocycles. The van der Waals surface area contributed by atoms with Gasteiger partial charge in [-0.15, -0.1) is 11.3 Å². The third-order valence-corrected chi connectivity index (χ3v) is 8.20. The van der Waals surface area contributed by atoms with E-state index < -0.39 is 0 Å². The van der Waals surface area contributed by atoms with Crippen molar-refractivity contribution >= 4 is 33.2 Å². The third-order valence-electron chi connectivity index (χ3n) is 7.11. The quantitative estimate of drug-likeness (QED) is 0.810. The molecule has 160 valence electrons. The lowest BCUT2D eigenvalue weighted by molar-refractivity contribution is 0.0216. The van der Waals surface area contributed by atoms with E-state index in [2.05, 4.69) is 34.1 Å². The molecule has 4 saturated heterocycles. The number of aromatic nitrogens is 1. The minimum absolute atomic E-state index is 0.0800. The summed E-state index contributed by atoms with van der Waals surface area (Å²) in [5.41, 5.74) is 0.437. The molecule has 0 aromatic carbocycles. The van der Waals surface area contributed by atoms with Crippen molar-refractivity contribution in [2.24, 2.45) is 5.92 Å². The molecule has 1 N–H and O–H groups in total. The van der Waals surface area contributed by atoms with Crippen molar-refractivity contribution in [3.8, 4) is 0 Å². The molecule has 6 heterocycles. The van der Waals surface area contributed by atoms with Crippen LogP contribution in [0.1, 0.15) is 39.9 Å². The summed E-state index contributed by atoms with van der Waals surface area (Å²) in [6, 6.07) is 4.31. The first kappa shape index (κ1) is 19.9. The number of pyridine rings is 1. The molecule has 30 heavy (non-hydrogen) atoms. The molecule has 7 nitrogen and oxygen atoms in total. The van der Waals surface area contributed by atoms with Crippen LogP contribution in [0, 0.1) is 5.92 Å². The first-order chi connectivity index (χ1) is 14.5. The maximum atomic E-state index is 12.9. The largest absolute Gasteiger partial charge is 0.346 e. The average molecular weight is 428 g/mol. The molecule has 0 saturated carbocycles. The fraction of sp³-hybridized carbons (Fsp3) is 0.591. The Labute approximate surface area is 181 Å². The Bertz CT molecular complexity index is 958. The number of hydrogen-bond acceptors (Lipinski definition) is 6. The van der Waals surface area contributed by atoms with Gasteiger partial charge in [0.2, 0.25) is 0 Å². The molecule has 2 bridgehead atoms. The molecule has 0 radical (unpaired) electrons. The van der Waals surface area contributed by atoms with Gasteiger partial charge in [0.25, 0.3) is 11.8 Å². The molecule has 4 aliphatic heterocycles. The third kappa shape index (κ3) is 3.61.